The molecule has 1 atom stereocenters. The van der Waals surface area contributed by atoms with Crippen molar-refractivity contribution in [3.63, 3.8) is 0 Å². The van der Waals surface area contributed by atoms with Gasteiger partial charge in [-0.1, -0.05) is 101 Å². The molecule has 3 aromatic rings. The SMILES string of the molecule is CCCOC(=O)C(c1ccccc1)N1C(=O)/C(=C\c2cc(Br)ccc2OCc2ccc(Cl)cc2)SC1=S. The lowest BCUT2D eigenvalue weighted by atomic mass is 10.1. The van der Waals surface area contributed by atoms with Gasteiger partial charge in [0.2, 0.25) is 0 Å². The Labute approximate surface area is 238 Å². The molecule has 190 valence electrons. The van der Waals surface area contributed by atoms with Crippen LogP contribution in [-0.2, 0) is 20.9 Å². The predicted octanol–water partition coefficient (Wildman–Crippen LogP) is 7.58. The Morgan fingerprint density at radius 1 is 1.14 bits per heavy atom. The van der Waals surface area contributed by atoms with Crippen molar-refractivity contribution >= 4 is 73.8 Å². The van der Waals surface area contributed by atoms with Crippen LogP contribution < -0.4 is 4.74 Å². The molecule has 1 aliphatic heterocycles. The Morgan fingerprint density at radius 2 is 1.86 bits per heavy atom. The summed E-state index contributed by atoms with van der Waals surface area (Å²) in [5.74, 6) is -0.272. The minimum absolute atomic E-state index is 0.263. The van der Waals surface area contributed by atoms with Crippen LogP contribution in [0.1, 0.15) is 36.1 Å². The number of nitrogens with zero attached hydrogens (tertiary/aromatic N) is 1. The van der Waals surface area contributed by atoms with Crippen LogP contribution in [0.25, 0.3) is 6.08 Å². The number of hydrogen-bond acceptors (Lipinski definition) is 6. The maximum absolute atomic E-state index is 13.6. The van der Waals surface area contributed by atoms with Crippen molar-refractivity contribution in [2.45, 2.75) is 26.0 Å². The normalized spacial score (nSPS) is 15.2. The van der Waals surface area contributed by atoms with Crippen LogP contribution in [0.2, 0.25) is 5.02 Å². The molecule has 3 aromatic carbocycles. The first-order chi connectivity index (χ1) is 17.9. The maximum atomic E-state index is 13.6. The van der Waals surface area contributed by atoms with Gasteiger partial charge in [-0.05, 0) is 54.0 Å². The highest BCUT2D eigenvalue weighted by Gasteiger charge is 2.42. The van der Waals surface area contributed by atoms with E-state index in [4.69, 9.17) is 33.3 Å². The Morgan fingerprint density at radius 3 is 2.57 bits per heavy atom. The lowest BCUT2D eigenvalue weighted by Crippen LogP contribution is -2.38. The van der Waals surface area contributed by atoms with E-state index in [9.17, 15) is 9.59 Å². The van der Waals surface area contributed by atoms with Gasteiger partial charge in [-0.2, -0.15) is 0 Å². The average Bonchev–Trinajstić information content (AvgIpc) is 3.16. The quantitative estimate of drug-likeness (QED) is 0.140. The number of carbonyl (C=O) groups is 2. The van der Waals surface area contributed by atoms with E-state index in [2.05, 4.69) is 15.9 Å². The fraction of sp³-hybridized carbons (Fsp3) is 0.179. The van der Waals surface area contributed by atoms with Crippen LogP contribution in [0.15, 0.2) is 82.2 Å². The number of benzene rings is 3. The Balaban J connectivity index is 1.62. The molecule has 1 amide bonds. The predicted molar refractivity (Wildman–Crippen MR) is 155 cm³/mol. The fourth-order valence-electron chi connectivity index (χ4n) is 3.66. The van der Waals surface area contributed by atoms with E-state index in [0.29, 0.717) is 39.8 Å². The Hall–Kier alpha value is -2.65. The van der Waals surface area contributed by atoms with Crippen LogP contribution in [0, 0.1) is 0 Å². The van der Waals surface area contributed by atoms with Crippen molar-refractivity contribution in [2.75, 3.05) is 6.61 Å². The summed E-state index contributed by atoms with van der Waals surface area (Å²) in [7, 11) is 0. The second kappa shape index (κ2) is 12.7. The first kappa shape index (κ1) is 27.4. The minimum atomic E-state index is -0.964. The molecule has 9 heteroatoms. The van der Waals surface area contributed by atoms with E-state index >= 15 is 0 Å². The first-order valence-corrected chi connectivity index (χ1v) is 13.9. The highest BCUT2D eigenvalue weighted by molar-refractivity contribution is 9.10. The van der Waals surface area contributed by atoms with Crippen molar-refractivity contribution in [1.82, 2.24) is 4.90 Å². The van der Waals surface area contributed by atoms with Gasteiger partial charge in [0, 0.05) is 15.1 Å². The molecular weight excluding hydrogens is 594 g/mol. The molecule has 0 radical (unpaired) electrons. The molecule has 37 heavy (non-hydrogen) atoms. The molecule has 0 N–H and O–H groups in total. The van der Waals surface area contributed by atoms with Crippen molar-refractivity contribution < 1.29 is 19.1 Å². The fourth-order valence-corrected chi connectivity index (χ4v) is 5.47. The van der Waals surface area contributed by atoms with E-state index in [1.165, 1.54) is 4.90 Å². The third-order valence-corrected chi connectivity index (χ3v) is 7.51. The molecule has 1 fully saturated rings. The first-order valence-electron chi connectivity index (χ1n) is 11.5. The van der Waals surface area contributed by atoms with Gasteiger partial charge < -0.3 is 9.47 Å². The summed E-state index contributed by atoms with van der Waals surface area (Å²) in [6, 6.07) is 21.1. The average molecular weight is 617 g/mol. The third-order valence-electron chi connectivity index (χ3n) is 5.43. The Bertz CT molecular complexity index is 1330. The molecule has 1 unspecified atom stereocenters. The molecule has 0 spiro atoms. The van der Waals surface area contributed by atoms with Crippen molar-refractivity contribution in [1.29, 1.82) is 0 Å². The van der Waals surface area contributed by atoms with E-state index in [-0.39, 0.29) is 16.8 Å². The molecule has 0 aliphatic carbocycles. The lowest BCUT2D eigenvalue weighted by molar-refractivity contribution is -0.151. The highest BCUT2D eigenvalue weighted by atomic mass is 79.9. The number of esters is 1. The van der Waals surface area contributed by atoms with Gasteiger partial charge in [0.25, 0.3) is 5.91 Å². The summed E-state index contributed by atoms with van der Waals surface area (Å²) in [4.78, 5) is 28.4. The summed E-state index contributed by atoms with van der Waals surface area (Å²) in [6.45, 7) is 2.51. The van der Waals surface area contributed by atoms with Gasteiger partial charge in [-0.15, -0.1) is 0 Å². The lowest BCUT2D eigenvalue weighted by Gasteiger charge is -2.25. The van der Waals surface area contributed by atoms with Crippen LogP contribution in [0.3, 0.4) is 0 Å². The monoisotopic (exact) mass is 615 g/mol. The van der Waals surface area contributed by atoms with E-state index in [1.807, 2.05) is 67.6 Å². The zero-order chi connectivity index (χ0) is 26.4. The van der Waals surface area contributed by atoms with E-state index < -0.39 is 12.0 Å². The zero-order valence-electron chi connectivity index (χ0n) is 19.9. The summed E-state index contributed by atoms with van der Waals surface area (Å²) in [5.41, 5.74) is 2.30. The topological polar surface area (TPSA) is 55.8 Å². The Kier molecular flexibility index (Phi) is 9.43. The van der Waals surface area contributed by atoms with E-state index in [1.54, 1.807) is 18.2 Å². The number of thioether (sulfide) groups is 1. The number of rotatable bonds is 9. The van der Waals surface area contributed by atoms with Gasteiger partial charge in [0.15, 0.2) is 6.04 Å². The van der Waals surface area contributed by atoms with Crippen molar-refractivity contribution in [3.8, 4) is 5.75 Å². The molecule has 1 saturated heterocycles. The van der Waals surface area contributed by atoms with E-state index in [0.717, 1.165) is 21.8 Å². The van der Waals surface area contributed by atoms with Crippen LogP contribution in [0.4, 0.5) is 0 Å². The minimum Gasteiger partial charge on any atom is -0.488 e. The zero-order valence-corrected chi connectivity index (χ0v) is 23.8. The molecular formula is C28H23BrClNO4S2. The molecule has 4 rings (SSSR count). The van der Waals surface area contributed by atoms with Crippen molar-refractivity contribution in [2.24, 2.45) is 0 Å². The second-order valence-electron chi connectivity index (χ2n) is 8.13. The maximum Gasteiger partial charge on any atom is 0.333 e. The smallest absolute Gasteiger partial charge is 0.333 e. The van der Waals surface area contributed by atoms with Crippen LogP contribution in [-0.4, -0.2) is 27.7 Å². The summed E-state index contributed by atoms with van der Waals surface area (Å²) in [5, 5.41) is 0.655. The summed E-state index contributed by atoms with van der Waals surface area (Å²) in [6.07, 6.45) is 2.41. The number of ether oxygens (including phenoxy) is 2. The molecule has 1 aliphatic rings. The molecule has 5 nitrogen and oxygen atoms in total. The number of thiocarbonyl (C=S) groups is 1. The largest absolute Gasteiger partial charge is 0.488 e. The van der Waals surface area contributed by atoms with Crippen LogP contribution >= 0.6 is 51.5 Å². The van der Waals surface area contributed by atoms with Crippen LogP contribution in [0.5, 0.6) is 5.75 Å². The highest BCUT2D eigenvalue weighted by Crippen LogP contribution is 2.40. The number of hydrogen-bond donors (Lipinski definition) is 0. The number of halogens is 2. The second-order valence-corrected chi connectivity index (χ2v) is 11.2. The molecule has 0 aromatic heterocycles. The van der Waals surface area contributed by atoms with Gasteiger partial charge >= 0.3 is 5.97 Å². The number of amides is 1. The summed E-state index contributed by atoms with van der Waals surface area (Å²) >= 11 is 16.2. The third kappa shape index (κ3) is 6.82. The molecule has 0 bridgehead atoms. The molecule has 1 heterocycles. The standard InChI is InChI=1S/C28H23BrClNO4S2/c1-2-14-34-27(33)25(19-6-4-3-5-7-19)31-26(32)24(37-28(31)36)16-20-15-21(29)10-13-23(20)35-17-18-8-11-22(30)12-9-18/h3-13,15-16,25H,2,14,17H2,1H3/b24-16+. The van der Waals surface area contributed by atoms with Gasteiger partial charge in [-0.25, -0.2) is 4.79 Å². The van der Waals surface area contributed by atoms with Gasteiger partial charge in [0.05, 0.1) is 11.5 Å². The van der Waals surface area contributed by atoms with Gasteiger partial charge in [-0.3, -0.25) is 9.69 Å². The van der Waals surface area contributed by atoms with Gasteiger partial charge in [0.1, 0.15) is 16.7 Å². The molecule has 0 saturated carbocycles. The number of carbonyl (C=O) groups excluding carboxylic acids is 2. The van der Waals surface area contributed by atoms with Crippen molar-refractivity contribution in [3.05, 3.63) is 104 Å². The summed E-state index contributed by atoms with van der Waals surface area (Å²) < 4.78 is 12.6.